The Hall–Kier alpha value is -2.21. The standard InChI is InChI=1S/C23H27F2N5O3S/c1-2-5-34-22-27-20(26-15-7-11(15)10-3-4-13(24)14(25)6-10)16-21(28-22)30(29-16)17-12-8-23(12,9-31)19(33)18(17)32/h3-4,6,11-12,15,17-19,29,31-33H,2,5,7-9H2,1H3,(H,26,27,28). The van der Waals surface area contributed by atoms with Gasteiger partial charge in [-0.2, -0.15) is 0 Å². The molecular formula is C23H27F2N5O3S. The third kappa shape index (κ3) is 3.28. The maximum atomic E-state index is 13.7. The van der Waals surface area contributed by atoms with Crippen LogP contribution in [0.25, 0.3) is 11.2 Å². The normalized spacial score (nSPS) is 33.9. The Labute approximate surface area is 198 Å². The monoisotopic (exact) mass is 491 g/mol. The van der Waals surface area contributed by atoms with Crippen LogP contribution in [-0.4, -0.2) is 65.7 Å². The van der Waals surface area contributed by atoms with E-state index in [1.54, 1.807) is 22.5 Å². The number of thioether (sulfide) groups is 1. The molecule has 6 rings (SSSR count). The lowest BCUT2D eigenvalue weighted by Gasteiger charge is -2.28. The summed E-state index contributed by atoms with van der Waals surface area (Å²) in [5.74, 6) is -0.177. The fourth-order valence-corrected chi connectivity index (χ4v) is 6.26. The number of anilines is 1. The van der Waals surface area contributed by atoms with Gasteiger partial charge in [0.1, 0.15) is 11.6 Å². The Morgan fingerprint density at radius 2 is 2.09 bits per heavy atom. The molecule has 5 N–H and O–H groups in total. The molecule has 3 saturated carbocycles. The van der Waals surface area contributed by atoms with Gasteiger partial charge in [0.05, 0.1) is 18.8 Å². The fourth-order valence-electron chi connectivity index (χ4n) is 5.57. The number of aliphatic hydroxyl groups is 3. The average molecular weight is 492 g/mol. The van der Waals surface area contributed by atoms with Crippen LogP contribution in [0.1, 0.15) is 43.7 Å². The van der Waals surface area contributed by atoms with Gasteiger partial charge in [0.2, 0.25) is 0 Å². The molecule has 34 heavy (non-hydrogen) atoms. The van der Waals surface area contributed by atoms with E-state index in [0.29, 0.717) is 28.6 Å². The second kappa shape index (κ2) is 7.91. The number of fused-ring (bicyclic) bond motifs is 2. The first-order valence-corrected chi connectivity index (χ1v) is 12.7. The number of hydrogen-bond donors (Lipinski definition) is 5. The van der Waals surface area contributed by atoms with Crippen LogP contribution < -0.4 is 5.32 Å². The zero-order valence-corrected chi connectivity index (χ0v) is 19.4. The number of benzene rings is 1. The van der Waals surface area contributed by atoms with Gasteiger partial charge < -0.3 is 20.6 Å². The highest BCUT2D eigenvalue weighted by Gasteiger charge is 2.71. The van der Waals surface area contributed by atoms with Crippen molar-refractivity contribution in [1.29, 1.82) is 0 Å². The van der Waals surface area contributed by atoms with Crippen molar-refractivity contribution in [3.05, 3.63) is 35.4 Å². The molecule has 7 unspecified atom stereocenters. The highest BCUT2D eigenvalue weighted by molar-refractivity contribution is 7.99. The Morgan fingerprint density at radius 3 is 2.79 bits per heavy atom. The van der Waals surface area contributed by atoms with Gasteiger partial charge >= 0.3 is 0 Å². The van der Waals surface area contributed by atoms with E-state index < -0.39 is 35.3 Å². The highest BCUT2D eigenvalue weighted by Crippen LogP contribution is 2.67. The highest BCUT2D eigenvalue weighted by atomic mass is 32.2. The van der Waals surface area contributed by atoms with Crippen molar-refractivity contribution in [3.8, 4) is 0 Å². The zero-order valence-electron chi connectivity index (χ0n) is 18.6. The molecule has 0 saturated heterocycles. The van der Waals surface area contributed by atoms with E-state index in [1.807, 2.05) is 0 Å². The summed E-state index contributed by atoms with van der Waals surface area (Å²) in [4.78, 5) is 9.38. The van der Waals surface area contributed by atoms with Crippen molar-refractivity contribution in [2.75, 3.05) is 17.7 Å². The molecule has 0 radical (unpaired) electrons. The largest absolute Gasteiger partial charge is 0.396 e. The van der Waals surface area contributed by atoms with E-state index in [1.165, 1.54) is 6.07 Å². The second-order valence-electron chi connectivity index (χ2n) is 9.78. The number of halogens is 2. The van der Waals surface area contributed by atoms with Crippen molar-refractivity contribution in [2.24, 2.45) is 11.3 Å². The van der Waals surface area contributed by atoms with Gasteiger partial charge in [0, 0.05) is 23.1 Å². The smallest absolute Gasteiger partial charge is 0.191 e. The van der Waals surface area contributed by atoms with Gasteiger partial charge in [-0.3, -0.25) is 9.78 Å². The molecule has 1 aromatic carbocycles. The molecule has 0 amide bonds. The summed E-state index contributed by atoms with van der Waals surface area (Å²) < 4.78 is 28.8. The molecule has 0 spiro atoms. The van der Waals surface area contributed by atoms with Gasteiger partial charge in [-0.25, -0.2) is 18.7 Å². The number of nitrogens with zero attached hydrogens (tertiary/aromatic N) is 3. The van der Waals surface area contributed by atoms with E-state index in [4.69, 9.17) is 4.98 Å². The van der Waals surface area contributed by atoms with Crippen LogP contribution in [0, 0.1) is 23.0 Å². The summed E-state index contributed by atoms with van der Waals surface area (Å²) in [6.45, 7) is 1.92. The van der Waals surface area contributed by atoms with Crippen LogP contribution in [0.5, 0.6) is 0 Å². The predicted octanol–water partition coefficient (Wildman–Crippen LogP) is 2.78. The number of H-pyrrole nitrogens is 1. The van der Waals surface area contributed by atoms with Crippen LogP contribution in [0.3, 0.4) is 0 Å². The Kier molecular flexibility index (Phi) is 5.18. The van der Waals surface area contributed by atoms with Crippen LogP contribution >= 0.6 is 11.8 Å². The quantitative estimate of drug-likeness (QED) is 0.243. The van der Waals surface area contributed by atoms with Gasteiger partial charge in [0.25, 0.3) is 0 Å². The average Bonchev–Trinajstić information content (AvgIpc) is 3.72. The molecule has 3 fully saturated rings. The van der Waals surface area contributed by atoms with E-state index in [2.05, 4.69) is 22.3 Å². The van der Waals surface area contributed by atoms with Gasteiger partial charge in [-0.15, -0.1) is 0 Å². The number of hydrogen-bond acceptors (Lipinski definition) is 7. The fraction of sp³-hybridized carbons (Fsp3) is 0.565. The second-order valence-corrected chi connectivity index (χ2v) is 10.8. The minimum absolute atomic E-state index is 0.0255. The Balaban J connectivity index is 1.28. The zero-order chi connectivity index (χ0) is 23.8. The molecule has 3 aliphatic rings. The number of aromatic amines is 1. The maximum absolute atomic E-state index is 13.7. The van der Waals surface area contributed by atoms with Crippen molar-refractivity contribution >= 4 is 28.7 Å². The van der Waals surface area contributed by atoms with Crippen LogP contribution in [-0.2, 0) is 0 Å². The third-order valence-electron chi connectivity index (χ3n) is 7.69. The molecule has 0 aliphatic heterocycles. The summed E-state index contributed by atoms with van der Waals surface area (Å²) in [5.41, 5.74) is 1.47. The Morgan fingerprint density at radius 1 is 1.26 bits per heavy atom. The van der Waals surface area contributed by atoms with E-state index >= 15 is 0 Å². The first kappa shape index (κ1) is 22.3. The number of nitrogens with one attached hydrogen (secondary N) is 2. The van der Waals surface area contributed by atoms with Crippen LogP contribution in [0.15, 0.2) is 23.4 Å². The summed E-state index contributed by atoms with van der Waals surface area (Å²) >= 11 is 1.54. The lowest BCUT2D eigenvalue weighted by Crippen LogP contribution is -2.37. The SMILES string of the molecule is CCCSc1nc(NC2CC2c2ccc(F)c(F)c2)c2[nH]n(C3C(O)C(O)C4(CO)CC34)c2n1. The van der Waals surface area contributed by atoms with Gasteiger partial charge in [-0.05, 0) is 42.9 Å². The topological polar surface area (TPSA) is 119 Å². The molecule has 2 aromatic heterocycles. The molecule has 8 nitrogen and oxygen atoms in total. The predicted molar refractivity (Wildman–Crippen MR) is 123 cm³/mol. The first-order chi connectivity index (χ1) is 16.4. The lowest BCUT2D eigenvalue weighted by molar-refractivity contribution is -0.0317. The minimum atomic E-state index is -0.995. The molecule has 3 aromatic rings. The van der Waals surface area contributed by atoms with E-state index in [0.717, 1.165) is 30.2 Å². The minimum Gasteiger partial charge on any atom is -0.396 e. The van der Waals surface area contributed by atoms with Crippen LogP contribution in [0.2, 0.25) is 0 Å². The molecule has 182 valence electrons. The molecular weight excluding hydrogens is 464 g/mol. The van der Waals surface area contributed by atoms with Crippen molar-refractivity contribution < 1.29 is 24.1 Å². The lowest BCUT2D eigenvalue weighted by atomic mass is 10.0. The molecule has 7 atom stereocenters. The number of rotatable bonds is 8. The first-order valence-electron chi connectivity index (χ1n) is 11.7. The van der Waals surface area contributed by atoms with E-state index in [-0.39, 0.29) is 24.5 Å². The number of aromatic nitrogens is 4. The maximum Gasteiger partial charge on any atom is 0.191 e. The van der Waals surface area contributed by atoms with E-state index in [9.17, 15) is 24.1 Å². The molecule has 3 aliphatic carbocycles. The summed E-state index contributed by atoms with van der Waals surface area (Å²) in [6, 6.07) is 3.66. The van der Waals surface area contributed by atoms with Crippen molar-refractivity contribution in [2.45, 2.75) is 61.6 Å². The van der Waals surface area contributed by atoms with Gasteiger partial charge in [0.15, 0.2) is 28.3 Å². The molecule has 0 bridgehead atoms. The summed E-state index contributed by atoms with van der Waals surface area (Å²) in [7, 11) is 0. The van der Waals surface area contributed by atoms with Crippen LogP contribution in [0.4, 0.5) is 14.6 Å². The third-order valence-corrected chi connectivity index (χ3v) is 8.75. The van der Waals surface area contributed by atoms with Gasteiger partial charge in [-0.1, -0.05) is 24.8 Å². The summed E-state index contributed by atoms with van der Waals surface area (Å²) in [5, 5.41) is 38.3. The van der Waals surface area contributed by atoms with Crippen molar-refractivity contribution in [3.63, 3.8) is 0 Å². The molecule has 11 heteroatoms. The van der Waals surface area contributed by atoms with Crippen molar-refractivity contribution in [1.82, 2.24) is 19.7 Å². The summed E-state index contributed by atoms with van der Waals surface area (Å²) in [6.07, 6.45) is 0.428. The Bertz CT molecular complexity index is 1250. The molecule has 2 heterocycles. The number of aliphatic hydroxyl groups excluding tert-OH is 3.